The van der Waals surface area contributed by atoms with Gasteiger partial charge in [0.15, 0.2) is 0 Å². The van der Waals surface area contributed by atoms with Crippen molar-refractivity contribution in [1.29, 1.82) is 0 Å². The zero-order valence-electron chi connectivity index (χ0n) is 14.2. The van der Waals surface area contributed by atoms with Crippen LogP contribution in [0.3, 0.4) is 0 Å². The summed E-state index contributed by atoms with van der Waals surface area (Å²) in [5, 5.41) is 4.79. The van der Waals surface area contributed by atoms with Crippen LogP contribution >= 0.6 is 0 Å². The molecule has 0 saturated carbocycles. The number of carbonyl (C=O) groups is 1. The van der Waals surface area contributed by atoms with Crippen LogP contribution in [0.15, 0.2) is 41.1 Å². The van der Waals surface area contributed by atoms with E-state index in [0.29, 0.717) is 17.8 Å². The van der Waals surface area contributed by atoms with Crippen LogP contribution in [0.25, 0.3) is 11.1 Å². The fraction of sp³-hybridized carbons (Fsp3) is 0.316. The zero-order valence-corrected chi connectivity index (χ0v) is 14.2. The van der Waals surface area contributed by atoms with Crippen molar-refractivity contribution in [2.24, 2.45) is 0 Å². The van der Waals surface area contributed by atoms with Crippen LogP contribution in [0.1, 0.15) is 41.0 Å². The van der Waals surface area contributed by atoms with Crippen molar-refractivity contribution in [3.8, 4) is 0 Å². The van der Waals surface area contributed by atoms with Gasteiger partial charge in [-0.25, -0.2) is 4.98 Å². The minimum absolute atomic E-state index is 0.0628. The fourth-order valence-electron chi connectivity index (χ4n) is 2.70. The molecule has 0 bridgehead atoms. The Labute approximate surface area is 141 Å². The number of rotatable bonds is 5. The minimum atomic E-state index is -0.0628. The van der Waals surface area contributed by atoms with Gasteiger partial charge in [-0.2, -0.15) is 0 Å². The molecule has 2 heterocycles. The van der Waals surface area contributed by atoms with Crippen molar-refractivity contribution in [3.05, 3.63) is 58.9 Å². The molecule has 5 heteroatoms. The maximum atomic E-state index is 12.7. The number of aryl methyl sites for hydroxylation is 2. The zero-order chi connectivity index (χ0) is 17.1. The Kier molecular flexibility index (Phi) is 4.60. The van der Waals surface area contributed by atoms with Crippen LogP contribution in [0, 0.1) is 0 Å². The molecule has 0 radical (unpaired) electrons. The first-order valence-corrected chi connectivity index (χ1v) is 8.20. The summed E-state index contributed by atoms with van der Waals surface area (Å²) in [5.74, 6) is -0.0628. The predicted octanol–water partition coefficient (Wildman–Crippen LogP) is 3.62. The van der Waals surface area contributed by atoms with E-state index in [4.69, 9.17) is 4.52 Å². The van der Waals surface area contributed by atoms with E-state index in [2.05, 4.69) is 41.3 Å². The van der Waals surface area contributed by atoms with Crippen LogP contribution in [-0.4, -0.2) is 28.0 Å². The first-order chi connectivity index (χ1) is 11.6. The monoisotopic (exact) mass is 323 g/mol. The average Bonchev–Trinajstić information content (AvgIpc) is 3.03. The van der Waals surface area contributed by atoms with Gasteiger partial charge in [0.2, 0.25) is 0 Å². The summed E-state index contributed by atoms with van der Waals surface area (Å²) in [5.41, 5.74) is 4.25. The van der Waals surface area contributed by atoms with Crippen LogP contribution < -0.4 is 0 Å². The molecule has 0 spiro atoms. The molecule has 5 nitrogen and oxygen atoms in total. The molecule has 0 unspecified atom stereocenters. The summed E-state index contributed by atoms with van der Waals surface area (Å²) >= 11 is 0. The van der Waals surface area contributed by atoms with Gasteiger partial charge in [-0.3, -0.25) is 4.79 Å². The molecule has 0 atom stereocenters. The number of benzene rings is 1. The molecule has 0 aliphatic heterocycles. The normalized spacial score (nSPS) is 11.0. The Balaban J connectivity index is 1.79. The number of amides is 1. The molecule has 1 aromatic carbocycles. The van der Waals surface area contributed by atoms with Gasteiger partial charge < -0.3 is 9.42 Å². The summed E-state index contributed by atoms with van der Waals surface area (Å²) in [7, 11) is 1.80. The lowest BCUT2D eigenvalue weighted by molar-refractivity contribution is 0.0785. The van der Waals surface area contributed by atoms with E-state index in [0.717, 1.165) is 29.5 Å². The molecule has 1 amide bonds. The van der Waals surface area contributed by atoms with Crippen molar-refractivity contribution in [2.75, 3.05) is 7.05 Å². The smallest absolute Gasteiger partial charge is 0.257 e. The van der Waals surface area contributed by atoms with Crippen molar-refractivity contribution in [2.45, 2.75) is 33.2 Å². The molecular weight excluding hydrogens is 302 g/mol. The molecule has 0 aliphatic rings. The van der Waals surface area contributed by atoms with Gasteiger partial charge in [0.1, 0.15) is 0 Å². The number of hydrogen-bond donors (Lipinski definition) is 0. The third-order valence-electron chi connectivity index (χ3n) is 4.18. The van der Waals surface area contributed by atoms with Crippen LogP contribution in [-0.2, 0) is 19.4 Å². The van der Waals surface area contributed by atoms with Crippen molar-refractivity contribution in [1.82, 2.24) is 15.0 Å². The maximum Gasteiger partial charge on any atom is 0.257 e. The summed E-state index contributed by atoms with van der Waals surface area (Å²) < 4.78 is 5.17. The Morgan fingerprint density at radius 2 is 1.83 bits per heavy atom. The lowest BCUT2D eigenvalue weighted by atomic mass is 10.1. The second-order valence-corrected chi connectivity index (χ2v) is 5.89. The first-order valence-electron chi connectivity index (χ1n) is 8.20. The second-order valence-electron chi connectivity index (χ2n) is 5.89. The summed E-state index contributed by atoms with van der Waals surface area (Å²) in [6.07, 6.45) is 3.30. The van der Waals surface area contributed by atoms with Crippen LogP contribution in [0.4, 0.5) is 0 Å². The molecule has 3 aromatic rings. The van der Waals surface area contributed by atoms with E-state index in [1.807, 2.05) is 13.0 Å². The van der Waals surface area contributed by atoms with Gasteiger partial charge in [0.25, 0.3) is 11.6 Å². The first kappa shape index (κ1) is 16.2. The van der Waals surface area contributed by atoms with E-state index in [1.165, 1.54) is 5.56 Å². The van der Waals surface area contributed by atoms with Gasteiger partial charge >= 0.3 is 0 Å². The molecule has 3 rings (SSSR count). The topological polar surface area (TPSA) is 59.2 Å². The highest BCUT2D eigenvalue weighted by atomic mass is 16.5. The average molecular weight is 323 g/mol. The van der Waals surface area contributed by atoms with E-state index < -0.39 is 0 Å². The van der Waals surface area contributed by atoms with Gasteiger partial charge in [-0.1, -0.05) is 43.3 Å². The highest BCUT2D eigenvalue weighted by Gasteiger charge is 2.16. The molecule has 0 aliphatic carbocycles. The third-order valence-corrected chi connectivity index (χ3v) is 4.18. The number of aromatic nitrogens is 2. The van der Waals surface area contributed by atoms with Crippen LogP contribution in [0.2, 0.25) is 0 Å². The van der Waals surface area contributed by atoms with Gasteiger partial charge in [0, 0.05) is 19.8 Å². The van der Waals surface area contributed by atoms with E-state index in [1.54, 1.807) is 18.1 Å². The molecule has 0 fully saturated rings. The highest BCUT2D eigenvalue weighted by molar-refractivity contribution is 5.96. The van der Waals surface area contributed by atoms with E-state index in [-0.39, 0.29) is 5.91 Å². The summed E-state index contributed by atoms with van der Waals surface area (Å²) in [4.78, 5) is 18.6. The van der Waals surface area contributed by atoms with E-state index in [9.17, 15) is 4.79 Å². The third kappa shape index (κ3) is 3.15. The quantitative estimate of drug-likeness (QED) is 0.719. The fourth-order valence-corrected chi connectivity index (χ4v) is 2.70. The lowest BCUT2D eigenvalue weighted by Gasteiger charge is -2.17. The summed E-state index contributed by atoms with van der Waals surface area (Å²) in [6, 6.07) is 10.2. The Bertz CT molecular complexity index is 853. The number of nitrogens with zero attached hydrogens (tertiary/aromatic N) is 3. The molecule has 124 valence electrons. The molecule has 0 saturated heterocycles. The van der Waals surface area contributed by atoms with E-state index >= 15 is 0 Å². The Hall–Kier alpha value is -2.69. The van der Waals surface area contributed by atoms with Crippen molar-refractivity contribution in [3.63, 3.8) is 0 Å². The standard InChI is InChI=1S/C19H21N3O2/c1-4-13-6-8-14(9-7-13)12-22(3)19(23)15-10-16-17(5-2)21-24-18(16)20-11-15/h6-11H,4-5,12H2,1-3H3. The molecule has 24 heavy (non-hydrogen) atoms. The predicted molar refractivity (Wildman–Crippen MR) is 92.8 cm³/mol. The number of hydrogen-bond acceptors (Lipinski definition) is 4. The molecule has 2 aromatic heterocycles. The number of carbonyl (C=O) groups excluding carboxylic acids is 1. The molecule has 0 N–H and O–H groups in total. The molecular formula is C19H21N3O2. The SMILES string of the molecule is CCc1ccc(CN(C)C(=O)c2cnc3onc(CC)c3c2)cc1. The Morgan fingerprint density at radius 1 is 1.12 bits per heavy atom. The Morgan fingerprint density at radius 3 is 2.50 bits per heavy atom. The maximum absolute atomic E-state index is 12.7. The van der Waals surface area contributed by atoms with Gasteiger partial charge in [0.05, 0.1) is 16.6 Å². The number of pyridine rings is 1. The largest absolute Gasteiger partial charge is 0.337 e. The second kappa shape index (κ2) is 6.83. The number of fused-ring (bicyclic) bond motifs is 1. The highest BCUT2D eigenvalue weighted by Crippen LogP contribution is 2.19. The van der Waals surface area contributed by atoms with Crippen molar-refractivity contribution < 1.29 is 9.32 Å². The lowest BCUT2D eigenvalue weighted by Crippen LogP contribution is -2.26. The minimum Gasteiger partial charge on any atom is -0.337 e. The van der Waals surface area contributed by atoms with Gasteiger partial charge in [-0.15, -0.1) is 0 Å². The van der Waals surface area contributed by atoms with Gasteiger partial charge in [-0.05, 0) is 30.0 Å². The summed E-state index contributed by atoms with van der Waals surface area (Å²) in [6.45, 7) is 4.69. The van der Waals surface area contributed by atoms with Crippen molar-refractivity contribution >= 4 is 17.0 Å². The van der Waals surface area contributed by atoms with Crippen LogP contribution in [0.5, 0.6) is 0 Å².